The van der Waals surface area contributed by atoms with Gasteiger partial charge in [-0.05, 0) is 0 Å². The van der Waals surface area contributed by atoms with Gasteiger partial charge in [0, 0.05) is 0 Å². The molecule has 1 amide bonds. The number of hydrogen-bond acceptors (Lipinski definition) is 1. The van der Waals surface area contributed by atoms with Crippen molar-refractivity contribution in [3.63, 3.8) is 0 Å². The Morgan fingerprint density at radius 1 is 0.739 bits per heavy atom. The van der Waals surface area contributed by atoms with Crippen LogP contribution in [0, 0.1) is 0 Å². The third kappa shape index (κ3) is 4.02. The summed E-state index contributed by atoms with van der Waals surface area (Å²) in [6.07, 6.45) is 0. The Bertz CT molecular complexity index is 789. The van der Waals surface area contributed by atoms with Crippen LogP contribution >= 0.6 is 11.6 Å². The van der Waals surface area contributed by atoms with Crippen LogP contribution in [0.1, 0.15) is 10.4 Å². The molecule has 2 nitrogen and oxygen atoms in total. The molecular formula is C19H14ClNOSe. The third-order valence-corrected chi connectivity index (χ3v) is 7.20. The summed E-state index contributed by atoms with van der Waals surface area (Å²) in [5.74, 6) is -0.195. The summed E-state index contributed by atoms with van der Waals surface area (Å²) < 4.78 is 6.78. The molecule has 0 heterocycles. The maximum atomic E-state index is 12.5. The van der Waals surface area contributed by atoms with Crippen LogP contribution in [0.5, 0.6) is 0 Å². The zero-order chi connectivity index (χ0) is 16.1. The van der Waals surface area contributed by atoms with Crippen LogP contribution in [0.3, 0.4) is 0 Å². The number of carbonyl (C=O) groups excluding carboxylic acids is 1. The van der Waals surface area contributed by atoms with Crippen molar-refractivity contribution in [1.82, 2.24) is 0 Å². The van der Waals surface area contributed by atoms with E-state index in [1.54, 1.807) is 24.3 Å². The van der Waals surface area contributed by atoms with E-state index in [1.807, 2.05) is 60.7 Å². The van der Waals surface area contributed by atoms with Crippen molar-refractivity contribution in [3.05, 3.63) is 95.5 Å². The molecule has 0 spiro atoms. The first-order valence-electron chi connectivity index (χ1n) is 7.10. The van der Waals surface area contributed by atoms with Gasteiger partial charge in [-0.1, -0.05) is 0 Å². The number of carbonyl (C=O) groups is 1. The van der Waals surface area contributed by atoms with E-state index in [9.17, 15) is 4.79 Å². The van der Waals surface area contributed by atoms with E-state index >= 15 is 0 Å². The molecule has 114 valence electrons. The van der Waals surface area contributed by atoms with Gasteiger partial charge < -0.3 is 0 Å². The van der Waals surface area contributed by atoms with E-state index in [2.05, 4.69) is 3.96 Å². The molecular weight excluding hydrogens is 373 g/mol. The second kappa shape index (κ2) is 7.47. The number of amides is 1. The Morgan fingerprint density at radius 3 is 1.70 bits per heavy atom. The molecule has 0 aliphatic rings. The molecule has 0 radical (unpaired) electrons. The van der Waals surface area contributed by atoms with Crippen LogP contribution < -0.4 is 8.92 Å². The van der Waals surface area contributed by atoms with Gasteiger partial charge in [0.1, 0.15) is 0 Å². The Morgan fingerprint density at radius 2 is 1.22 bits per heavy atom. The van der Waals surface area contributed by atoms with Crippen LogP contribution in [-0.2, 0) is 0 Å². The Hall–Kier alpha value is -2.06. The van der Waals surface area contributed by atoms with Gasteiger partial charge in [0.05, 0.1) is 0 Å². The molecule has 0 N–H and O–H groups in total. The molecule has 0 unspecified atom stereocenters. The predicted molar refractivity (Wildman–Crippen MR) is 96.1 cm³/mol. The van der Waals surface area contributed by atoms with Crippen molar-refractivity contribution in [2.24, 2.45) is 3.96 Å². The summed E-state index contributed by atoms with van der Waals surface area (Å²) in [5.41, 5.74) is 0.565. The van der Waals surface area contributed by atoms with E-state index in [0.717, 1.165) is 8.92 Å². The minimum atomic E-state index is -1.78. The molecule has 0 saturated heterocycles. The number of nitrogens with zero attached hydrogens (tertiary/aromatic N) is 1. The van der Waals surface area contributed by atoms with Crippen molar-refractivity contribution in [2.75, 3.05) is 0 Å². The molecule has 3 aromatic carbocycles. The SMILES string of the molecule is O=C(N=[Se](c1ccccc1)c1ccccc1)c1ccc(Cl)cc1. The van der Waals surface area contributed by atoms with E-state index in [0.29, 0.717) is 10.6 Å². The second-order valence-corrected chi connectivity index (χ2v) is 8.81. The van der Waals surface area contributed by atoms with Crippen LogP contribution in [0.25, 0.3) is 0 Å². The van der Waals surface area contributed by atoms with Crippen LogP contribution in [0.2, 0.25) is 5.02 Å². The van der Waals surface area contributed by atoms with E-state index < -0.39 is 13.7 Å². The van der Waals surface area contributed by atoms with Gasteiger partial charge in [-0.25, -0.2) is 0 Å². The molecule has 3 aromatic rings. The Labute approximate surface area is 144 Å². The maximum absolute atomic E-state index is 12.5. The molecule has 0 fully saturated rings. The van der Waals surface area contributed by atoms with Gasteiger partial charge in [-0.15, -0.1) is 0 Å². The zero-order valence-corrected chi connectivity index (χ0v) is 14.7. The van der Waals surface area contributed by atoms with Crippen molar-refractivity contribution >= 4 is 40.1 Å². The minimum absolute atomic E-state index is 0.195. The van der Waals surface area contributed by atoms with E-state index in [1.165, 1.54) is 0 Å². The standard InChI is InChI=1S/C19H14ClNOSe/c20-16-13-11-15(12-14-16)19(22)21-23(17-7-3-1-4-8-17)18-9-5-2-6-10-18/h1-14H. The number of halogens is 1. The number of hydrogen-bond donors (Lipinski definition) is 0. The summed E-state index contributed by atoms with van der Waals surface area (Å²) in [6, 6.07) is 26.9. The molecule has 3 rings (SSSR count). The van der Waals surface area contributed by atoms with Gasteiger partial charge in [0.2, 0.25) is 0 Å². The molecule has 0 atom stereocenters. The molecule has 4 heteroatoms. The summed E-state index contributed by atoms with van der Waals surface area (Å²) >= 11 is 4.09. The monoisotopic (exact) mass is 387 g/mol. The van der Waals surface area contributed by atoms with Crippen molar-refractivity contribution in [1.29, 1.82) is 0 Å². The fourth-order valence-corrected chi connectivity index (χ4v) is 5.52. The zero-order valence-electron chi connectivity index (χ0n) is 12.2. The van der Waals surface area contributed by atoms with Crippen LogP contribution in [0.15, 0.2) is 88.9 Å². The van der Waals surface area contributed by atoms with E-state index in [4.69, 9.17) is 11.6 Å². The molecule has 23 heavy (non-hydrogen) atoms. The Kier molecular flexibility index (Phi) is 5.14. The van der Waals surface area contributed by atoms with Crippen molar-refractivity contribution < 1.29 is 4.79 Å². The first-order valence-corrected chi connectivity index (χ1v) is 9.96. The van der Waals surface area contributed by atoms with Crippen molar-refractivity contribution in [3.8, 4) is 0 Å². The van der Waals surface area contributed by atoms with Crippen LogP contribution in [0.4, 0.5) is 0 Å². The second-order valence-electron chi connectivity index (χ2n) is 4.81. The predicted octanol–water partition coefficient (Wildman–Crippen LogP) is 3.55. The quantitative estimate of drug-likeness (QED) is 0.633. The van der Waals surface area contributed by atoms with Gasteiger partial charge in [0.15, 0.2) is 0 Å². The fraction of sp³-hybridized carbons (Fsp3) is 0. The topological polar surface area (TPSA) is 29.4 Å². The normalized spacial score (nSPS) is 10.5. The average molecular weight is 387 g/mol. The third-order valence-electron chi connectivity index (χ3n) is 3.20. The van der Waals surface area contributed by atoms with Gasteiger partial charge in [-0.2, -0.15) is 0 Å². The first-order chi connectivity index (χ1) is 11.2. The average Bonchev–Trinajstić information content (AvgIpc) is 2.61. The van der Waals surface area contributed by atoms with E-state index in [-0.39, 0.29) is 5.91 Å². The van der Waals surface area contributed by atoms with Gasteiger partial charge >= 0.3 is 144 Å². The fourth-order valence-electron chi connectivity index (χ4n) is 2.07. The summed E-state index contributed by atoms with van der Waals surface area (Å²) in [4.78, 5) is 12.5. The summed E-state index contributed by atoms with van der Waals surface area (Å²) in [5, 5.41) is 0.611. The van der Waals surface area contributed by atoms with Gasteiger partial charge in [-0.3, -0.25) is 0 Å². The number of benzene rings is 3. The van der Waals surface area contributed by atoms with Gasteiger partial charge in [0.25, 0.3) is 0 Å². The molecule has 0 saturated carbocycles. The van der Waals surface area contributed by atoms with Crippen LogP contribution in [-0.4, -0.2) is 19.6 Å². The molecule has 0 aliphatic carbocycles. The Balaban J connectivity index is 2.05. The number of rotatable bonds is 3. The van der Waals surface area contributed by atoms with Crippen molar-refractivity contribution in [2.45, 2.75) is 0 Å². The summed E-state index contributed by atoms with van der Waals surface area (Å²) in [6.45, 7) is 0. The molecule has 0 bridgehead atoms. The first kappa shape index (κ1) is 15.8. The molecule has 0 aliphatic heterocycles. The molecule has 0 aromatic heterocycles. The summed E-state index contributed by atoms with van der Waals surface area (Å²) in [7, 11) is 0.